The van der Waals surface area contributed by atoms with Crippen LogP contribution in [0, 0.1) is 0 Å². The van der Waals surface area contributed by atoms with Crippen molar-refractivity contribution in [3.05, 3.63) is 35.4 Å². The molecule has 1 aromatic rings. The van der Waals surface area contributed by atoms with E-state index < -0.39 is 17.5 Å². The standard InChI is InChI=1S/C12H12O5/c1-16-9-5-3-8(4-6-9)7-10(11(13)14)12(15)17-2/h3-7H,1-2H3,(H,13,14)/b10-7-. The van der Waals surface area contributed by atoms with Crippen LogP contribution in [-0.4, -0.2) is 31.3 Å². The first kappa shape index (κ1) is 12.8. The summed E-state index contributed by atoms with van der Waals surface area (Å²) in [4.78, 5) is 22.0. The summed E-state index contributed by atoms with van der Waals surface area (Å²) < 4.78 is 9.34. The van der Waals surface area contributed by atoms with E-state index in [4.69, 9.17) is 9.84 Å². The highest BCUT2D eigenvalue weighted by Crippen LogP contribution is 2.14. The van der Waals surface area contributed by atoms with Gasteiger partial charge in [-0.15, -0.1) is 0 Å². The minimum Gasteiger partial charge on any atom is -0.497 e. The minimum atomic E-state index is -1.33. The molecule has 0 aliphatic carbocycles. The van der Waals surface area contributed by atoms with Gasteiger partial charge in [0.05, 0.1) is 14.2 Å². The molecule has 0 amide bonds. The van der Waals surface area contributed by atoms with Crippen LogP contribution in [0.2, 0.25) is 0 Å². The van der Waals surface area contributed by atoms with Crippen LogP contribution in [0.25, 0.3) is 6.08 Å². The molecule has 0 saturated carbocycles. The van der Waals surface area contributed by atoms with Crippen molar-refractivity contribution in [3.8, 4) is 5.75 Å². The number of carboxylic acid groups (broad SMARTS) is 1. The maximum Gasteiger partial charge on any atom is 0.345 e. The number of hydrogen-bond acceptors (Lipinski definition) is 4. The lowest BCUT2D eigenvalue weighted by molar-refractivity contribution is -0.142. The van der Waals surface area contributed by atoms with Gasteiger partial charge < -0.3 is 14.6 Å². The summed E-state index contributed by atoms with van der Waals surface area (Å²) in [6, 6.07) is 6.63. The smallest absolute Gasteiger partial charge is 0.345 e. The van der Waals surface area contributed by atoms with Crippen molar-refractivity contribution in [2.24, 2.45) is 0 Å². The fourth-order valence-electron chi connectivity index (χ4n) is 1.18. The van der Waals surface area contributed by atoms with E-state index in [1.165, 1.54) is 13.2 Å². The van der Waals surface area contributed by atoms with Crippen molar-refractivity contribution in [2.45, 2.75) is 0 Å². The van der Waals surface area contributed by atoms with Crippen LogP contribution in [0.3, 0.4) is 0 Å². The summed E-state index contributed by atoms with van der Waals surface area (Å²) in [5.74, 6) is -1.56. The van der Waals surface area contributed by atoms with Gasteiger partial charge in [0.15, 0.2) is 0 Å². The van der Waals surface area contributed by atoms with Crippen molar-refractivity contribution in [1.82, 2.24) is 0 Å². The number of carbonyl (C=O) groups is 2. The Morgan fingerprint density at radius 1 is 1.18 bits per heavy atom. The van der Waals surface area contributed by atoms with Crippen molar-refractivity contribution < 1.29 is 24.2 Å². The van der Waals surface area contributed by atoms with Gasteiger partial charge in [-0.3, -0.25) is 0 Å². The second kappa shape index (κ2) is 5.69. The van der Waals surface area contributed by atoms with E-state index in [0.717, 1.165) is 7.11 Å². The van der Waals surface area contributed by atoms with E-state index >= 15 is 0 Å². The van der Waals surface area contributed by atoms with Gasteiger partial charge in [-0.05, 0) is 23.8 Å². The number of rotatable bonds is 4. The van der Waals surface area contributed by atoms with Gasteiger partial charge in [-0.25, -0.2) is 9.59 Å². The molecular formula is C12H12O5. The number of aliphatic carboxylic acids is 1. The van der Waals surface area contributed by atoms with Crippen molar-refractivity contribution >= 4 is 18.0 Å². The Morgan fingerprint density at radius 3 is 2.18 bits per heavy atom. The highest BCUT2D eigenvalue weighted by atomic mass is 16.5. The van der Waals surface area contributed by atoms with E-state index in [2.05, 4.69) is 4.74 Å². The molecule has 0 aliphatic rings. The molecule has 17 heavy (non-hydrogen) atoms. The highest BCUT2D eigenvalue weighted by Gasteiger charge is 2.17. The van der Waals surface area contributed by atoms with Gasteiger partial charge in [-0.1, -0.05) is 12.1 Å². The molecule has 90 valence electrons. The molecule has 1 N–H and O–H groups in total. The SMILES string of the molecule is COC(=O)/C(=C\c1ccc(OC)cc1)C(=O)O. The number of esters is 1. The van der Waals surface area contributed by atoms with E-state index in [0.29, 0.717) is 11.3 Å². The zero-order chi connectivity index (χ0) is 12.8. The Bertz CT molecular complexity index is 444. The summed E-state index contributed by atoms with van der Waals surface area (Å²) in [5, 5.41) is 8.84. The van der Waals surface area contributed by atoms with E-state index in [1.807, 2.05) is 0 Å². The van der Waals surface area contributed by atoms with Gasteiger partial charge >= 0.3 is 11.9 Å². The number of carboxylic acids is 1. The number of hydrogen-bond donors (Lipinski definition) is 1. The van der Waals surface area contributed by atoms with Crippen LogP contribution >= 0.6 is 0 Å². The van der Waals surface area contributed by atoms with Crippen molar-refractivity contribution in [3.63, 3.8) is 0 Å². The third kappa shape index (κ3) is 3.34. The average molecular weight is 236 g/mol. The monoisotopic (exact) mass is 236 g/mol. The second-order valence-corrected chi connectivity index (χ2v) is 3.13. The zero-order valence-corrected chi connectivity index (χ0v) is 9.47. The lowest BCUT2D eigenvalue weighted by Gasteiger charge is -2.02. The Kier molecular flexibility index (Phi) is 4.28. The summed E-state index contributed by atoms with van der Waals surface area (Å²) >= 11 is 0. The molecule has 0 radical (unpaired) electrons. The van der Waals surface area contributed by atoms with Crippen molar-refractivity contribution in [2.75, 3.05) is 14.2 Å². The molecule has 0 aliphatic heterocycles. The molecule has 0 aromatic heterocycles. The van der Waals surface area contributed by atoms with E-state index in [9.17, 15) is 9.59 Å². The predicted molar refractivity (Wildman–Crippen MR) is 60.6 cm³/mol. The second-order valence-electron chi connectivity index (χ2n) is 3.13. The molecule has 0 unspecified atom stereocenters. The largest absolute Gasteiger partial charge is 0.497 e. The van der Waals surface area contributed by atoms with Crippen LogP contribution in [0.15, 0.2) is 29.8 Å². The van der Waals surface area contributed by atoms with Crippen LogP contribution in [0.1, 0.15) is 5.56 Å². The lowest BCUT2D eigenvalue weighted by atomic mass is 10.1. The molecule has 5 heteroatoms. The Labute approximate surface area is 98.3 Å². The maximum atomic E-state index is 11.2. The molecule has 0 saturated heterocycles. The average Bonchev–Trinajstić information content (AvgIpc) is 2.35. The quantitative estimate of drug-likeness (QED) is 0.369. The first-order chi connectivity index (χ1) is 8.08. The van der Waals surface area contributed by atoms with Crippen LogP contribution < -0.4 is 4.74 Å². The molecule has 0 spiro atoms. The Morgan fingerprint density at radius 2 is 1.76 bits per heavy atom. The molecule has 1 rings (SSSR count). The topological polar surface area (TPSA) is 72.8 Å². The summed E-state index contributed by atoms with van der Waals surface area (Å²) in [5.41, 5.74) is 0.159. The normalized spacial score (nSPS) is 10.8. The summed E-state index contributed by atoms with van der Waals surface area (Å²) in [6.45, 7) is 0. The summed E-state index contributed by atoms with van der Waals surface area (Å²) in [6.07, 6.45) is 1.24. The van der Waals surface area contributed by atoms with Crippen molar-refractivity contribution in [1.29, 1.82) is 0 Å². The third-order valence-corrected chi connectivity index (χ3v) is 2.06. The molecule has 0 fully saturated rings. The third-order valence-electron chi connectivity index (χ3n) is 2.06. The molecule has 0 bridgehead atoms. The van der Waals surface area contributed by atoms with E-state index in [1.54, 1.807) is 24.3 Å². The van der Waals surface area contributed by atoms with E-state index in [-0.39, 0.29) is 0 Å². The first-order valence-electron chi connectivity index (χ1n) is 4.76. The maximum absolute atomic E-state index is 11.2. The summed E-state index contributed by atoms with van der Waals surface area (Å²) in [7, 11) is 2.66. The molecule has 1 aromatic carbocycles. The number of carbonyl (C=O) groups excluding carboxylic acids is 1. The Balaban J connectivity index is 3.04. The first-order valence-corrected chi connectivity index (χ1v) is 4.76. The molecule has 0 atom stereocenters. The van der Waals surface area contributed by atoms with Crippen LogP contribution in [-0.2, 0) is 14.3 Å². The van der Waals surface area contributed by atoms with Gasteiger partial charge in [0, 0.05) is 0 Å². The molecule has 0 heterocycles. The van der Waals surface area contributed by atoms with Crippen LogP contribution in [0.5, 0.6) is 5.75 Å². The highest BCUT2D eigenvalue weighted by molar-refractivity contribution is 6.16. The molecule has 5 nitrogen and oxygen atoms in total. The lowest BCUT2D eigenvalue weighted by Crippen LogP contribution is -2.13. The number of ether oxygens (including phenoxy) is 2. The minimum absolute atomic E-state index is 0.419. The van der Waals surface area contributed by atoms with Gasteiger partial charge in [0.25, 0.3) is 0 Å². The zero-order valence-electron chi connectivity index (χ0n) is 9.47. The fraction of sp³-hybridized carbons (Fsp3) is 0.167. The number of methoxy groups -OCH3 is 2. The van der Waals surface area contributed by atoms with Gasteiger partial charge in [0.1, 0.15) is 11.3 Å². The predicted octanol–water partition coefficient (Wildman–Crippen LogP) is 1.34. The van der Waals surface area contributed by atoms with Gasteiger partial charge in [-0.2, -0.15) is 0 Å². The number of benzene rings is 1. The molecular weight excluding hydrogens is 224 g/mol. The fourth-order valence-corrected chi connectivity index (χ4v) is 1.18. The Hall–Kier alpha value is -2.30. The van der Waals surface area contributed by atoms with Gasteiger partial charge in [0.2, 0.25) is 0 Å². The van der Waals surface area contributed by atoms with Crippen LogP contribution in [0.4, 0.5) is 0 Å².